The molecule has 30 heavy (non-hydrogen) atoms. The number of aryl methyl sites for hydroxylation is 2. The van der Waals surface area contributed by atoms with Crippen LogP contribution in [0, 0.1) is 13.8 Å². The molecule has 0 atom stereocenters. The molecule has 5 rings (SSSR count). The maximum absolute atomic E-state index is 12.9. The van der Waals surface area contributed by atoms with E-state index in [0.717, 1.165) is 34.5 Å². The fourth-order valence-electron chi connectivity index (χ4n) is 4.03. The number of hydrogen-bond acceptors (Lipinski definition) is 5. The first-order valence-electron chi connectivity index (χ1n) is 9.79. The third-order valence-electron chi connectivity index (χ3n) is 5.37. The fraction of sp³-hybridized carbons (Fsp3) is 0.227. The average Bonchev–Trinajstić information content (AvgIpc) is 3.34. The van der Waals surface area contributed by atoms with Gasteiger partial charge in [-0.15, -0.1) is 5.10 Å². The quantitative estimate of drug-likeness (QED) is 0.526. The number of fused-ring (bicyclic) bond motifs is 2. The molecular weight excluding hydrogens is 380 g/mol. The lowest BCUT2D eigenvalue weighted by Crippen LogP contribution is -2.35. The first-order chi connectivity index (χ1) is 14.5. The molecule has 0 spiro atoms. The van der Waals surface area contributed by atoms with E-state index in [1.807, 2.05) is 50.2 Å². The van der Waals surface area contributed by atoms with Gasteiger partial charge in [-0.1, -0.05) is 29.5 Å². The number of amides is 1. The average molecular weight is 400 g/mol. The molecule has 0 unspecified atom stereocenters. The van der Waals surface area contributed by atoms with Gasteiger partial charge in [-0.25, -0.2) is 4.98 Å². The molecule has 8 nitrogen and oxygen atoms in total. The predicted octanol–water partition coefficient (Wildman–Crippen LogP) is 2.18. The molecule has 0 bridgehead atoms. The van der Waals surface area contributed by atoms with Crippen molar-refractivity contribution in [3.8, 4) is 5.69 Å². The van der Waals surface area contributed by atoms with Gasteiger partial charge in [0.05, 0.1) is 5.69 Å². The van der Waals surface area contributed by atoms with Gasteiger partial charge in [0.15, 0.2) is 11.2 Å². The molecule has 1 amide bonds. The highest BCUT2D eigenvalue weighted by Gasteiger charge is 2.25. The number of carbonyl (C=O) groups is 1. The SMILES string of the molecule is Cc1cc(C)cc(-n2nnc3c(=O)n(CC(=O)N4CCc5ccccc54)cnc32)c1. The minimum absolute atomic E-state index is 0.0908. The van der Waals surface area contributed by atoms with Crippen LogP contribution in [0.1, 0.15) is 16.7 Å². The molecule has 3 heterocycles. The Bertz CT molecular complexity index is 1330. The van der Waals surface area contributed by atoms with Gasteiger partial charge in [0, 0.05) is 12.2 Å². The van der Waals surface area contributed by atoms with Crippen LogP contribution >= 0.6 is 0 Å². The van der Waals surface area contributed by atoms with Gasteiger partial charge in [-0.05, 0) is 55.2 Å². The summed E-state index contributed by atoms with van der Waals surface area (Å²) in [7, 11) is 0. The molecular formula is C22H20N6O2. The number of benzene rings is 2. The van der Waals surface area contributed by atoms with Crippen molar-refractivity contribution < 1.29 is 4.79 Å². The Labute approximate surface area is 172 Å². The van der Waals surface area contributed by atoms with E-state index in [2.05, 4.69) is 21.4 Å². The van der Waals surface area contributed by atoms with Crippen molar-refractivity contribution in [1.29, 1.82) is 0 Å². The highest BCUT2D eigenvalue weighted by Crippen LogP contribution is 2.27. The molecule has 0 fully saturated rings. The van der Waals surface area contributed by atoms with Crippen LogP contribution < -0.4 is 10.5 Å². The summed E-state index contributed by atoms with van der Waals surface area (Å²) < 4.78 is 2.85. The van der Waals surface area contributed by atoms with Gasteiger partial charge in [-0.3, -0.25) is 14.2 Å². The van der Waals surface area contributed by atoms with Crippen LogP contribution in [0.4, 0.5) is 5.69 Å². The van der Waals surface area contributed by atoms with Gasteiger partial charge in [-0.2, -0.15) is 4.68 Å². The van der Waals surface area contributed by atoms with Crippen LogP contribution in [0.2, 0.25) is 0 Å². The molecule has 0 saturated carbocycles. The Balaban J connectivity index is 1.48. The second-order valence-electron chi connectivity index (χ2n) is 7.62. The Morgan fingerprint density at radius 3 is 2.67 bits per heavy atom. The zero-order valence-corrected chi connectivity index (χ0v) is 16.7. The molecule has 0 aliphatic carbocycles. The fourth-order valence-corrected chi connectivity index (χ4v) is 4.03. The maximum atomic E-state index is 12.9. The van der Waals surface area contributed by atoms with Crippen molar-refractivity contribution in [2.45, 2.75) is 26.8 Å². The van der Waals surface area contributed by atoms with E-state index >= 15 is 0 Å². The molecule has 8 heteroatoms. The second kappa shape index (κ2) is 6.91. The number of rotatable bonds is 3. The van der Waals surface area contributed by atoms with Gasteiger partial charge < -0.3 is 4.90 Å². The van der Waals surface area contributed by atoms with Crippen LogP contribution in [-0.4, -0.2) is 37.0 Å². The normalized spacial score (nSPS) is 13.1. The molecule has 1 aliphatic heterocycles. The number of nitrogens with zero attached hydrogens (tertiary/aromatic N) is 6. The third-order valence-corrected chi connectivity index (χ3v) is 5.37. The summed E-state index contributed by atoms with van der Waals surface area (Å²) in [5.74, 6) is -0.148. The van der Waals surface area contributed by atoms with E-state index in [9.17, 15) is 9.59 Å². The van der Waals surface area contributed by atoms with Crippen LogP contribution in [-0.2, 0) is 17.8 Å². The van der Waals surface area contributed by atoms with Crippen LogP contribution in [0.5, 0.6) is 0 Å². The molecule has 2 aromatic heterocycles. The van der Waals surface area contributed by atoms with E-state index in [-0.39, 0.29) is 23.5 Å². The Hall–Kier alpha value is -3.81. The van der Waals surface area contributed by atoms with E-state index in [0.29, 0.717) is 12.2 Å². The summed E-state index contributed by atoms with van der Waals surface area (Å²) in [6, 6.07) is 13.8. The van der Waals surface area contributed by atoms with Crippen molar-refractivity contribution >= 4 is 22.8 Å². The van der Waals surface area contributed by atoms with Crippen molar-refractivity contribution in [3.05, 3.63) is 75.8 Å². The summed E-state index contributed by atoms with van der Waals surface area (Å²) >= 11 is 0. The standard InChI is InChI=1S/C22H20N6O2/c1-14-9-15(2)11-17(10-14)28-21-20(24-25-28)22(30)26(13-23-21)12-19(29)27-8-7-16-5-3-4-6-18(16)27/h3-6,9-11,13H,7-8,12H2,1-2H3. The molecule has 0 radical (unpaired) electrons. The molecule has 1 aliphatic rings. The van der Waals surface area contributed by atoms with E-state index in [1.165, 1.54) is 10.9 Å². The zero-order chi connectivity index (χ0) is 20.8. The third kappa shape index (κ3) is 2.97. The van der Waals surface area contributed by atoms with Crippen molar-refractivity contribution in [2.24, 2.45) is 0 Å². The van der Waals surface area contributed by atoms with Crippen molar-refractivity contribution in [2.75, 3.05) is 11.4 Å². The van der Waals surface area contributed by atoms with Crippen LogP contribution in [0.15, 0.2) is 53.6 Å². The lowest BCUT2D eigenvalue weighted by molar-refractivity contribution is -0.119. The molecule has 0 saturated heterocycles. The Kier molecular flexibility index (Phi) is 4.20. The van der Waals surface area contributed by atoms with Gasteiger partial charge in [0.25, 0.3) is 5.56 Å². The lowest BCUT2D eigenvalue weighted by Gasteiger charge is -2.17. The number of anilines is 1. The topological polar surface area (TPSA) is 85.9 Å². The Morgan fingerprint density at radius 2 is 1.87 bits per heavy atom. The first kappa shape index (κ1) is 18.2. The van der Waals surface area contributed by atoms with Gasteiger partial charge in [0.2, 0.25) is 5.91 Å². The minimum atomic E-state index is -0.378. The molecule has 0 N–H and O–H groups in total. The molecule has 150 valence electrons. The van der Waals surface area contributed by atoms with Crippen molar-refractivity contribution in [1.82, 2.24) is 24.5 Å². The molecule has 2 aromatic carbocycles. The lowest BCUT2D eigenvalue weighted by atomic mass is 10.1. The number of aromatic nitrogens is 5. The number of carbonyl (C=O) groups excluding carboxylic acids is 1. The van der Waals surface area contributed by atoms with E-state index in [4.69, 9.17) is 0 Å². The number of hydrogen-bond donors (Lipinski definition) is 0. The summed E-state index contributed by atoms with van der Waals surface area (Å²) in [5, 5.41) is 8.18. The largest absolute Gasteiger partial charge is 0.310 e. The molecule has 4 aromatic rings. The highest BCUT2D eigenvalue weighted by atomic mass is 16.2. The number of para-hydroxylation sites is 1. The maximum Gasteiger partial charge on any atom is 0.284 e. The summed E-state index contributed by atoms with van der Waals surface area (Å²) in [5.41, 5.74) is 5.15. The first-order valence-corrected chi connectivity index (χ1v) is 9.79. The van der Waals surface area contributed by atoms with E-state index in [1.54, 1.807) is 9.58 Å². The smallest absolute Gasteiger partial charge is 0.284 e. The second-order valence-corrected chi connectivity index (χ2v) is 7.62. The van der Waals surface area contributed by atoms with Crippen molar-refractivity contribution in [3.63, 3.8) is 0 Å². The summed E-state index contributed by atoms with van der Waals surface area (Å²) in [6.07, 6.45) is 2.21. The zero-order valence-electron chi connectivity index (χ0n) is 16.7. The van der Waals surface area contributed by atoms with E-state index < -0.39 is 0 Å². The predicted molar refractivity (Wildman–Crippen MR) is 113 cm³/mol. The van der Waals surface area contributed by atoms with Crippen LogP contribution in [0.25, 0.3) is 16.9 Å². The highest BCUT2D eigenvalue weighted by molar-refractivity contribution is 5.95. The Morgan fingerprint density at radius 1 is 1.10 bits per heavy atom. The minimum Gasteiger partial charge on any atom is -0.310 e. The van der Waals surface area contributed by atoms with Crippen LogP contribution in [0.3, 0.4) is 0 Å². The summed E-state index contributed by atoms with van der Waals surface area (Å²) in [4.78, 5) is 31.9. The van der Waals surface area contributed by atoms with Gasteiger partial charge in [0.1, 0.15) is 12.9 Å². The van der Waals surface area contributed by atoms with Gasteiger partial charge >= 0.3 is 0 Å². The summed E-state index contributed by atoms with van der Waals surface area (Å²) in [6.45, 7) is 4.52. The monoisotopic (exact) mass is 400 g/mol.